The van der Waals surface area contributed by atoms with Gasteiger partial charge in [0.2, 0.25) is 0 Å². The molecule has 0 spiro atoms. The molecule has 0 aromatic rings. The van der Waals surface area contributed by atoms with E-state index >= 15 is 0 Å². The lowest BCUT2D eigenvalue weighted by atomic mass is 9.88. The van der Waals surface area contributed by atoms with Crippen LogP contribution in [0, 0.1) is 0 Å². The van der Waals surface area contributed by atoms with E-state index in [9.17, 15) is 0 Å². The first-order valence-corrected chi connectivity index (χ1v) is 6.12. The molecule has 0 aliphatic carbocycles. The van der Waals surface area contributed by atoms with Crippen LogP contribution in [0.25, 0.3) is 0 Å². The Bertz CT molecular complexity index is 164. The maximum Gasteiger partial charge on any atom is 0.0304 e. The number of likely N-dealkylation sites (N-methyl/N-ethyl adjacent to an activating group) is 1. The lowest BCUT2D eigenvalue weighted by Crippen LogP contribution is -2.62. The predicted octanol–water partition coefficient (Wildman–Crippen LogP) is 2.25. The minimum absolute atomic E-state index is 0.388. The van der Waals surface area contributed by atoms with E-state index in [0.29, 0.717) is 5.54 Å². The Hall–Kier alpha value is -0.0800. The van der Waals surface area contributed by atoms with Crippen LogP contribution in [0.3, 0.4) is 0 Å². The van der Waals surface area contributed by atoms with Gasteiger partial charge in [-0.1, -0.05) is 27.2 Å². The Labute approximate surface area is 89.1 Å². The third-order valence-corrected chi connectivity index (χ3v) is 3.86. The van der Waals surface area contributed by atoms with Gasteiger partial charge in [-0.2, -0.15) is 0 Å². The van der Waals surface area contributed by atoms with E-state index in [1.807, 2.05) is 0 Å². The van der Waals surface area contributed by atoms with Crippen molar-refractivity contribution < 1.29 is 0 Å². The zero-order valence-corrected chi connectivity index (χ0v) is 10.3. The number of hydrogen-bond donors (Lipinski definition) is 1. The van der Waals surface area contributed by atoms with Crippen molar-refractivity contribution in [2.24, 2.45) is 0 Å². The number of hydrogen-bond acceptors (Lipinski definition) is 2. The zero-order valence-electron chi connectivity index (χ0n) is 10.3. The normalized spacial score (nSPS) is 27.9. The van der Waals surface area contributed by atoms with Gasteiger partial charge >= 0.3 is 0 Å². The fraction of sp³-hybridized carbons (Fsp3) is 1.00. The summed E-state index contributed by atoms with van der Waals surface area (Å²) in [6.07, 6.45) is 5.11. The largest absolute Gasteiger partial charge is 0.308 e. The molecule has 0 saturated carbocycles. The van der Waals surface area contributed by atoms with Crippen LogP contribution >= 0.6 is 0 Å². The van der Waals surface area contributed by atoms with Crippen LogP contribution in [0.15, 0.2) is 0 Å². The summed E-state index contributed by atoms with van der Waals surface area (Å²) in [7, 11) is 2.28. The van der Waals surface area contributed by atoms with Crippen molar-refractivity contribution in [1.82, 2.24) is 10.2 Å². The molecule has 2 nitrogen and oxygen atoms in total. The summed E-state index contributed by atoms with van der Waals surface area (Å²) in [5.41, 5.74) is 0.388. The smallest absolute Gasteiger partial charge is 0.0304 e. The fourth-order valence-electron chi connectivity index (χ4n) is 2.53. The van der Waals surface area contributed by atoms with E-state index in [0.717, 1.165) is 6.04 Å². The van der Waals surface area contributed by atoms with Crippen LogP contribution in [0.2, 0.25) is 0 Å². The van der Waals surface area contributed by atoms with Gasteiger partial charge in [0.1, 0.15) is 0 Å². The van der Waals surface area contributed by atoms with Crippen LogP contribution in [-0.2, 0) is 0 Å². The van der Waals surface area contributed by atoms with Crippen LogP contribution in [0.4, 0.5) is 0 Å². The number of rotatable bonds is 4. The van der Waals surface area contributed by atoms with Gasteiger partial charge in [0.15, 0.2) is 0 Å². The highest BCUT2D eigenvalue weighted by molar-refractivity contribution is 4.95. The van der Waals surface area contributed by atoms with Crippen LogP contribution in [0.1, 0.15) is 46.5 Å². The standard InChI is InChI=1S/C12H26N2/c1-5-8-11-9-13-12(6-2,7-3)10-14(11)4/h11,13H,5-10H2,1-4H3. The molecule has 1 aliphatic rings. The van der Waals surface area contributed by atoms with Crippen molar-refractivity contribution in [3.8, 4) is 0 Å². The molecule has 14 heavy (non-hydrogen) atoms. The third-order valence-electron chi connectivity index (χ3n) is 3.86. The first-order valence-electron chi connectivity index (χ1n) is 6.12. The predicted molar refractivity (Wildman–Crippen MR) is 62.6 cm³/mol. The molecule has 0 bridgehead atoms. The Morgan fingerprint density at radius 2 is 1.93 bits per heavy atom. The summed E-state index contributed by atoms with van der Waals surface area (Å²) >= 11 is 0. The summed E-state index contributed by atoms with van der Waals surface area (Å²) in [6, 6.07) is 0.756. The Kier molecular flexibility index (Phi) is 4.39. The molecule has 0 aromatic heterocycles. The van der Waals surface area contributed by atoms with Crippen molar-refractivity contribution >= 4 is 0 Å². The lowest BCUT2D eigenvalue weighted by Gasteiger charge is -2.46. The van der Waals surface area contributed by atoms with E-state index in [-0.39, 0.29) is 0 Å². The van der Waals surface area contributed by atoms with Gasteiger partial charge in [0, 0.05) is 24.7 Å². The maximum atomic E-state index is 3.76. The van der Waals surface area contributed by atoms with Crippen LogP contribution in [0.5, 0.6) is 0 Å². The second kappa shape index (κ2) is 5.13. The zero-order chi connectivity index (χ0) is 10.6. The van der Waals surface area contributed by atoms with E-state index in [1.165, 1.54) is 38.8 Å². The second-order valence-electron chi connectivity index (χ2n) is 4.73. The molecule has 1 aliphatic heterocycles. The first-order chi connectivity index (χ1) is 6.67. The molecule has 1 N–H and O–H groups in total. The first kappa shape index (κ1) is 12.0. The van der Waals surface area contributed by atoms with Gasteiger partial charge in [-0.05, 0) is 26.3 Å². The van der Waals surface area contributed by atoms with Crippen molar-refractivity contribution in [2.75, 3.05) is 20.1 Å². The number of nitrogens with zero attached hydrogens (tertiary/aromatic N) is 1. The van der Waals surface area contributed by atoms with Gasteiger partial charge in [0.05, 0.1) is 0 Å². The molecule has 1 heterocycles. The molecule has 2 heteroatoms. The molecule has 1 unspecified atom stereocenters. The van der Waals surface area contributed by atoms with E-state index in [2.05, 4.69) is 38.0 Å². The van der Waals surface area contributed by atoms with Crippen LogP contribution in [-0.4, -0.2) is 36.6 Å². The number of piperazine rings is 1. The minimum atomic E-state index is 0.388. The van der Waals surface area contributed by atoms with Crippen molar-refractivity contribution in [3.63, 3.8) is 0 Å². The molecule has 1 atom stereocenters. The Morgan fingerprint density at radius 1 is 1.29 bits per heavy atom. The average molecular weight is 198 g/mol. The highest BCUT2D eigenvalue weighted by Gasteiger charge is 2.34. The molecule has 0 amide bonds. The van der Waals surface area contributed by atoms with Crippen molar-refractivity contribution in [1.29, 1.82) is 0 Å². The van der Waals surface area contributed by atoms with Crippen molar-refractivity contribution in [2.45, 2.75) is 58.0 Å². The Balaban J connectivity index is 2.52. The number of nitrogens with one attached hydrogen (secondary N) is 1. The summed E-state index contributed by atoms with van der Waals surface area (Å²) in [5, 5.41) is 3.76. The molecule has 1 rings (SSSR count). The summed E-state index contributed by atoms with van der Waals surface area (Å²) in [4.78, 5) is 2.55. The average Bonchev–Trinajstić information content (AvgIpc) is 2.21. The Morgan fingerprint density at radius 3 is 2.36 bits per heavy atom. The molecular formula is C12H26N2. The van der Waals surface area contributed by atoms with Gasteiger partial charge in [0.25, 0.3) is 0 Å². The highest BCUT2D eigenvalue weighted by atomic mass is 15.2. The summed E-state index contributed by atoms with van der Waals surface area (Å²) in [6.45, 7) is 9.25. The van der Waals surface area contributed by atoms with Gasteiger partial charge in [-0.25, -0.2) is 0 Å². The van der Waals surface area contributed by atoms with Crippen LogP contribution < -0.4 is 5.32 Å². The minimum Gasteiger partial charge on any atom is -0.308 e. The highest BCUT2D eigenvalue weighted by Crippen LogP contribution is 2.22. The second-order valence-corrected chi connectivity index (χ2v) is 4.73. The van der Waals surface area contributed by atoms with Crippen molar-refractivity contribution in [3.05, 3.63) is 0 Å². The van der Waals surface area contributed by atoms with E-state index < -0.39 is 0 Å². The maximum absolute atomic E-state index is 3.76. The van der Waals surface area contributed by atoms with Gasteiger partial charge in [-0.15, -0.1) is 0 Å². The van der Waals surface area contributed by atoms with Gasteiger partial charge in [-0.3, -0.25) is 0 Å². The molecule has 1 fully saturated rings. The molecule has 1 saturated heterocycles. The third kappa shape index (κ3) is 2.48. The monoisotopic (exact) mass is 198 g/mol. The SMILES string of the molecule is CCCC1CNC(CC)(CC)CN1C. The molecule has 84 valence electrons. The van der Waals surface area contributed by atoms with E-state index in [4.69, 9.17) is 0 Å². The summed E-state index contributed by atoms with van der Waals surface area (Å²) < 4.78 is 0. The van der Waals surface area contributed by atoms with Gasteiger partial charge < -0.3 is 10.2 Å². The van der Waals surface area contributed by atoms with E-state index in [1.54, 1.807) is 0 Å². The molecular weight excluding hydrogens is 172 g/mol. The summed E-state index contributed by atoms with van der Waals surface area (Å²) in [5.74, 6) is 0. The molecule has 0 radical (unpaired) electrons. The topological polar surface area (TPSA) is 15.3 Å². The lowest BCUT2D eigenvalue weighted by molar-refractivity contribution is 0.0910. The molecule has 0 aromatic carbocycles. The quantitative estimate of drug-likeness (QED) is 0.745. The fourth-order valence-corrected chi connectivity index (χ4v) is 2.53.